The molecular formula is C16H30O5. The van der Waals surface area contributed by atoms with E-state index in [1.165, 1.54) is 6.92 Å². The molecule has 21 heavy (non-hydrogen) atoms. The summed E-state index contributed by atoms with van der Waals surface area (Å²) in [5, 5.41) is 30.3. The van der Waals surface area contributed by atoms with E-state index in [1.807, 2.05) is 0 Å². The molecule has 0 aliphatic rings. The van der Waals surface area contributed by atoms with Crippen molar-refractivity contribution in [2.45, 2.75) is 78.6 Å². The van der Waals surface area contributed by atoms with Gasteiger partial charge >= 0.3 is 0 Å². The number of hydrogen-bond donors (Lipinski definition) is 3. The van der Waals surface area contributed by atoms with Gasteiger partial charge in [0.05, 0.1) is 12.2 Å². The van der Waals surface area contributed by atoms with E-state index in [0.717, 1.165) is 0 Å². The van der Waals surface area contributed by atoms with Crippen molar-refractivity contribution in [3.63, 3.8) is 0 Å². The fraction of sp³-hybridized carbons (Fsp3) is 0.875. The standard InChI is InChI=1S/C16H30O5/c1-10(2)13(19)12(18)7-8-16(21,9-11(3)17)14(20)15(4,5)6/h10,12-13,18-19,21H,7-9H2,1-6H3/t12-,13+,16?/m1/s1. The lowest BCUT2D eigenvalue weighted by molar-refractivity contribution is -0.151. The normalized spacial score (nSPS) is 18.2. The van der Waals surface area contributed by atoms with Gasteiger partial charge in [0, 0.05) is 11.8 Å². The van der Waals surface area contributed by atoms with Crippen molar-refractivity contribution in [1.82, 2.24) is 0 Å². The zero-order valence-corrected chi connectivity index (χ0v) is 14.0. The minimum atomic E-state index is -1.79. The summed E-state index contributed by atoms with van der Waals surface area (Å²) in [5.74, 6) is -0.829. The van der Waals surface area contributed by atoms with E-state index in [-0.39, 0.29) is 31.0 Å². The molecule has 5 nitrogen and oxygen atoms in total. The number of rotatable bonds is 8. The Kier molecular flexibility index (Phi) is 7.20. The van der Waals surface area contributed by atoms with E-state index < -0.39 is 29.0 Å². The third-order valence-electron chi connectivity index (χ3n) is 3.58. The molecule has 0 saturated heterocycles. The van der Waals surface area contributed by atoms with Gasteiger partial charge in [-0.2, -0.15) is 0 Å². The Labute approximate surface area is 127 Å². The maximum Gasteiger partial charge on any atom is 0.170 e. The molecule has 3 atom stereocenters. The smallest absolute Gasteiger partial charge is 0.170 e. The second-order valence-electron chi connectivity index (χ2n) is 7.33. The second kappa shape index (κ2) is 7.47. The Morgan fingerprint density at radius 1 is 1.10 bits per heavy atom. The van der Waals surface area contributed by atoms with Gasteiger partial charge in [0.2, 0.25) is 0 Å². The zero-order valence-electron chi connectivity index (χ0n) is 14.0. The minimum absolute atomic E-state index is 0.0480. The Morgan fingerprint density at radius 2 is 1.57 bits per heavy atom. The fourth-order valence-corrected chi connectivity index (χ4v) is 2.39. The zero-order chi connectivity index (χ0) is 17.0. The summed E-state index contributed by atoms with van der Waals surface area (Å²) < 4.78 is 0. The van der Waals surface area contributed by atoms with Gasteiger partial charge in [-0.15, -0.1) is 0 Å². The van der Waals surface area contributed by atoms with Gasteiger partial charge < -0.3 is 15.3 Å². The number of hydrogen-bond acceptors (Lipinski definition) is 5. The molecule has 0 amide bonds. The van der Waals surface area contributed by atoms with Gasteiger partial charge in [-0.05, 0) is 25.7 Å². The largest absolute Gasteiger partial charge is 0.390 e. The van der Waals surface area contributed by atoms with Crippen molar-refractivity contribution in [1.29, 1.82) is 0 Å². The molecule has 5 heteroatoms. The highest BCUT2D eigenvalue weighted by Gasteiger charge is 2.43. The Morgan fingerprint density at radius 3 is 1.90 bits per heavy atom. The van der Waals surface area contributed by atoms with Gasteiger partial charge in [-0.3, -0.25) is 9.59 Å². The molecule has 0 radical (unpaired) electrons. The Balaban J connectivity index is 5.02. The highest BCUT2D eigenvalue weighted by atomic mass is 16.3. The van der Waals surface area contributed by atoms with Crippen LogP contribution in [0.5, 0.6) is 0 Å². The summed E-state index contributed by atoms with van der Waals surface area (Å²) in [6, 6.07) is 0. The lowest BCUT2D eigenvalue weighted by Gasteiger charge is -2.33. The Hall–Kier alpha value is -0.780. The molecule has 0 saturated carbocycles. The van der Waals surface area contributed by atoms with Crippen LogP contribution >= 0.6 is 0 Å². The van der Waals surface area contributed by atoms with E-state index in [2.05, 4.69) is 0 Å². The number of aliphatic hydroxyl groups is 3. The van der Waals surface area contributed by atoms with Crippen LogP contribution in [-0.4, -0.2) is 44.7 Å². The van der Waals surface area contributed by atoms with Crippen LogP contribution in [0.15, 0.2) is 0 Å². The average molecular weight is 302 g/mol. The van der Waals surface area contributed by atoms with Crippen molar-refractivity contribution in [2.75, 3.05) is 0 Å². The summed E-state index contributed by atoms with van der Waals surface area (Å²) >= 11 is 0. The highest BCUT2D eigenvalue weighted by Crippen LogP contribution is 2.30. The first-order valence-corrected chi connectivity index (χ1v) is 7.44. The van der Waals surface area contributed by atoms with Crippen LogP contribution in [0.2, 0.25) is 0 Å². The molecule has 0 aromatic rings. The van der Waals surface area contributed by atoms with Gasteiger partial charge in [0.15, 0.2) is 5.78 Å². The number of Topliss-reactive ketones (excluding diaryl/α,β-unsaturated/α-hetero) is 2. The minimum Gasteiger partial charge on any atom is -0.390 e. The molecule has 0 bridgehead atoms. The first kappa shape index (κ1) is 20.2. The summed E-state index contributed by atoms with van der Waals surface area (Å²) in [6.07, 6.45) is -2.21. The van der Waals surface area contributed by atoms with E-state index >= 15 is 0 Å². The van der Waals surface area contributed by atoms with Crippen molar-refractivity contribution in [3.05, 3.63) is 0 Å². The van der Waals surface area contributed by atoms with E-state index in [9.17, 15) is 24.9 Å². The third kappa shape index (κ3) is 6.24. The van der Waals surface area contributed by atoms with Gasteiger partial charge in [-0.1, -0.05) is 34.6 Å². The summed E-state index contributed by atoms with van der Waals surface area (Å²) in [4.78, 5) is 23.7. The molecule has 124 valence electrons. The molecule has 0 aliphatic heterocycles. The fourth-order valence-electron chi connectivity index (χ4n) is 2.39. The topological polar surface area (TPSA) is 94.8 Å². The van der Waals surface area contributed by atoms with Crippen molar-refractivity contribution < 1.29 is 24.9 Å². The van der Waals surface area contributed by atoms with Crippen molar-refractivity contribution in [2.24, 2.45) is 11.3 Å². The monoisotopic (exact) mass is 302 g/mol. The van der Waals surface area contributed by atoms with Gasteiger partial charge in [-0.25, -0.2) is 0 Å². The first-order chi connectivity index (χ1) is 9.31. The molecule has 0 aromatic carbocycles. The number of aliphatic hydroxyl groups excluding tert-OH is 2. The van der Waals surface area contributed by atoms with Crippen LogP contribution < -0.4 is 0 Å². The summed E-state index contributed by atoms with van der Waals surface area (Å²) in [5.41, 5.74) is -2.58. The van der Waals surface area contributed by atoms with E-state index in [4.69, 9.17) is 0 Å². The van der Waals surface area contributed by atoms with Crippen LogP contribution in [-0.2, 0) is 9.59 Å². The molecule has 0 heterocycles. The predicted octanol–water partition coefficient (Wildman–Crippen LogP) is 1.47. The lowest BCUT2D eigenvalue weighted by atomic mass is 9.75. The van der Waals surface area contributed by atoms with Crippen LogP contribution in [0.4, 0.5) is 0 Å². The van der Waals surface area contributed by atoms with Crippen LogP contribution in [0.3, 0.4) is 0 Å². The second-order valence-corrected chi connectivity index (χ2v) is 7.33. The number of carbonyl (C=O) groups excluding carboxylic acids is 2. The van der Waals surface area contributed by atoms with E-state index in [0.29, 0.717) is 0 Å². The predicted molar refractivity (Wildman–Crippen MR) is 80.8 cm³/mol. The number of ketones is 2. The SMILES string of the molecule is CC(=O)CC(O)(CC[C@@H](O)[C@@H](O)C(C)C)C(=O)C(C)(C)C. The van der Waals surface area contributed by atoms with Gasteiger partial charge in [0.25, 0.3) is 0 Å². The van der Waals surface area contributed by atoms with E-state index in [1.54, 1.807) is 34.6 Å². The van der Waals surface area contributed by atoms with Crippen molar-refractivity contribution >= 4 is 11.6 Å². The molecule has 0 rings (SSSR count). The highest BCUT2D eigenvalue weighted by molar-refractivity contribution is 5.95. The molecule has 0 spiro atoms. The molecule has 3 N–H and O–H groups in total. The molecule has 1 unspecified atom stereocenters. The maximum absolute atomic E-state index is 12.4. The van der Waals surface area contributed by atoms with Gasteiger partial charge in [0.1, 0.15) is 11.4 Å². The first-order valence-electron chi connectivity index (χ1n) is 7.44. The third-order valence-corrected chi connectivity index (χ3v) is 3.58. The van der Waals surface area contributed by atoms with Crippen LogP contribution in [0, 0.1) is 11.3 Å². The quantitative estimate of drug-likeness (QED) is 0.631. The van der Waals surface area contributed by atoms with Crippen molar-refractivity contribution in [3.8, 4) is 0 Å². The number of carbonyl (C=O) groups is 2. The Bertz CT molecular complexity index is 369. The molecular weight excluding hydrogens is 272 g/mol. The lowest BCUT2D eigenvalue weighted by Crippen LogP contribution is -2.47. The molecule has 0 aromatic heterocycles. The summed E-state index contributed by atoms with van der Waals surface area (Å²) in [6.45, 7) is 9.91. The maximum atomic E-state index is 12.4. The molecule has 0 aliphatic carbocycles. The average Bonchev–Trinajstić information content (AvgIpc) is 2.31. The van der Waals surface area contributed by atoms with Crippen LogP contribution in [0.1, 0.15) is 60.8 Å². The van der Waals surface area contributed by atoms with Crippen LogP contribution in [0.25, 0.3) is 0 Å². The summed E-state index contributed by atoms with van der Waals surface area (Å²) in [7, 11) is 0. The molecule has 0 fully saturated rings.